The van der Waals surface area contributed by atoms with Gasteiger partial charge in [-0.3, -0.25) is 9.59 Å². The van der Waals surface area contributed by atoms with Crippen molar-refractivity contribution in [1.29, 1.82) is 0 Å². The van der Waals surface area contributed by atoms with E-state index in [1.807, 2.05) is 46.2 Å². The minimum Gasteiger partial charge on any atom is -0.340 e. The largest absolute Gasteiger partial charge is 0.340 e. The van der Waals surface area contributed by atoms with Gasteiger partial charge in [-0.05, 0) is 38.8 Å². The molecular formula is C27H31N5O3. The van der Waals surface area contributed by atoms with Crippen molar-refractivity contribution in [3.05, 3.63) is 47.7 Å². The highest BCUT2D eigenvalue weighted by Gasteiger charge is 2.34. The van der Waals surface area contributed by atoms with Crippen LogP contribution in [0.5, 0.6) is 0 Å². The Hall–Kier alpha value is -3.26. The van der Waals surface area contributed by atoms with Crippen LogP contribution in [0.25, 0.3) is 22.4 Å². The second kappa shape index (κ2) is 9.07. The van der Waals surface area contributed by atoms with Crippen LogP contribution in [0, 0.1) is 5.92 Å². The van der Waals surface area contributed by atoms with E-state index in [0.717, 1.165) is 50.3 Å². The molecule has 2 aliphatic heterocycles. The molecule has 35 heavy (non-hydrogen) atoms. The van der Waals surface area contributed by atoms with Crippen molar-refractivity contribution in [2.45, 2.75) is 31.6 Å². The van der Waals surface area contributed by atoms with E-state index in [2.05, 4.69) is 17.1 Å². The van der Waals surface area contributed by atoms with Gasteiger partial charge in [0.2, 0.25) is 5.91 Å². The second-order valence-corrected chi connectivity index (χ2v) is 10.1. The number of piperazine rings is 1. The predicted octanol–water partition coefficient (Wildman–Crippen LogP) is 3.39. The van der Waals surface area contributed by atoms with Gasteiger partial charge in [-0.2, -0.15) is 0 Å². The molecule has 0 N–H and O–H groups in total. The Morgan fingerprint density at radius 2 is 1.63 bits per heavy atom. The van der Waals surface area contributed by atoms with E-state index >= 15 is 0 Å². The number of benzene rings is 1. The Bertz CT molecular complexity index is 1240. The van der Waals surface area contributed by atoms with Crippen LogP contribution in [0.4, 0.5) is 0 Å². The van der Waals surface area contributed by atoms with E-state index in [0.29, 0.717) is 54.2 Å². The van der Waals surface area contributed by atoms with E-state index in [1.165, 1.54) is 0 Å². The van der Waals surface area contributed by atoms with Gasteiger partial charge in [-0.15, -0.1) is 0 Å². The van der Waals surface area contributed by atoms with E-state index < -0.39 is 0 Å². The Labute approximate surface area is 204 Å². The van der Waals surface area contributed by atoms with Crippen molar-refractivity contribution >= 4 is 22.9 Å². The van der Waals surface area contributed by atoms with Gasteiger partial charge in [-0.1, -0.05) is 35.5 Å². The first-order valence-electron chi connectivity index (χ1n) is 12.7. The van der Waals surface area contributed by atoms with Gasteiger partial charge >= 0.3 is 0 Å². The van der Waals surface area contributed by atoms with Crippen LogP contribution in [-0.4, -0.2) is 83.0 Å². The zero-order valence-corrected chi connectivity index (χ0v) is 20.2. The first-order valence-corrected chi connectivity index (χ1v) is 12.7. The number of nitrogens with zero attached hydrogens (tertiary/aromatic N) is 5. The van der Waals surface area contributed by atoms with Crippen molar-refractivity contribution in [1.82, 2.24) is 24.8 Å². The number of hydrogen-bond donors (Lipinski definition) is 0. The number of hydrogen-bond acceptors (Lipinski definition) is 6. The van der Waals surface area contributed by atoms with Crippen molar-refractivity contribution in [3.63, 3.8) is 0 Å². The molecule has 1 aromatic carbocycles. The fourth-order valence-corrected chi connectivity index (χ4v) is 5.30. The van der Waals surface area contributed by atoms with Gasteiger partial charge in [0.15, 0.2) is 0 Å². The number of likely N-dealkylation sites (tertiary alicyclic amines) is 1. The number of carbonyl (C=O) groups excluding carboxylic acids is 2. The molecule has 1 aliphatic carbocycles. The molecule has 182 valence electrons. The highest BCUT2D eigenvalue weighted by Crippen LogP contribution is 2.41. The smallest absolute Gasteiger partial charge is 0.259 e. The number of carbonyl (C=O) groups is 2. The molecule has 1 saturated carbocycles. The first-order chi connectivity index (χ1) is 17.1. The summed E-state index contributed by atoms with van der Waals surface area (Å²) in [6.07, 6.45) is 3.59. The Balaban J connectivity index is 1.24. The molecule has 2 amide bonds. The minimum absolute atomic E-state index is 0.00240. The van der Waals surface area contributed by atoms with Crippen LogP contribution in [0.15, 0.2) is 40.9 Å². The van der Waals surface area contributed by atoms with E-state index in [-0.39, 0.29) is 17.7 Å². The maximum Gasteiger partial charge on any atom is 0.259 e. The van der Waals surface area contributed by atoms with Crippen LogP contribution in [0.3, 0.4) is 0 Å². The fraction of sp³-hybridized carbons (Fsp3) is 0.481. The molecule has 0 atom stereocenters. The Kier molecular flexibility index (Phi) is 5.76. The zero-order chi connectivity index (χ0) is 23.9. The summed E-state index contributed by atoms with van der Waals surface area (Å²) in [5.74, 6) is 0.615. The highest BCUT2D eigenvalue weighted by molar-refractivity contribution is 6.09. The summed E-state index contributed by atoms with van der Waals surface area (Å²) < 4.78 is 5.64. The summed E-state index contributed by atoms with van der Waals surface area (Å²) in [5.41, 5.74) is 3.51. The van der Waals surface area contributed by atoms with E-state index in [4.69, 9.17) is 9.51 Å². The molecular weight excluding hydrogens is 442 g/mol. The third kappa shape index (κ3) is 4.31. The molecule has 0 spiro atoms. The molecule has 3 fully saturated rings. The maximum atomic E-state index is 13.8. The number of fused-ring (bicyclic) bond motifs is 1. The number of amides is 2. The molecule has 3 aliphatic rings. The van der Waals surface area contributed by atoms with Crippen LogP contribution in [0.2, 0.25) is 0 Å². The normalized spacial score (nSPS) is 19.9. The first kappa shape index (κ1) is 22.2. The summed E-state index contributed by atoms with van der Waals surface area (Å²) in [6, 6.07) is 11.7. The van der Waals surface area contributed by atoms with Crippen LogP contribution < -0.4 is 0 Å². The van der Waals surface area contributed by atoms with Crippen molar-refractivity contribution in [3.8, 4) is 11.3 Å². The molecule has 3 aromatic rings. The van der Waals surface area contributed by atoms with Gasteiger partial charge in [-0.25, -0.2) is 4.98 Å². The molecule has 0 bridgehead atoms. The molecule has 2 aromatic heterocycles. The standard InChI is InChI=1S/C27H31N5O3/c1-30-13-15-32(16-14-30)26(33)20-9-11-31(12-10-20)27(34)21-17-22(18-7-8-18)28-25-23(21)24(29-35-25)19-5-3-2-4-6-19/h2-6,17-18,20H,7-16H2,1H3. The lowest BCUT2D eigenvalue weighted by Crippen LogP contribution is -2.51. The summed E-state index contributed by atoms with van der Waals surface area (Å²) in [6.45, 7) is 4.60. The summed E-state index contributed by atoms with van der Waals surface area (Å²) in [5, 5.41) is 4.99. The molecule has 8 heteroatoms. The quantitative estimate of drug-likeness (QED) is 0.578. The number of likely N-dealkylation sites (N-methyl/N-ethyl adjacent to an activating group) is 1. The molecule has 8 nitrogen and oxygen atoms in total. The molecule has 0 radical (unpaired) electrons. The molecule has 2 saturated heterocycles. The maximum absolute atomic E-state index is 13.8. The van der Waals surface area contributed by atoms with E-state index in [1.54, 1.807) is 0 Å². The van der Waals surface area contributed by atoms with Crippen molar-refractivity contribution in [2.24, 2.45) is 5.92 Å². The third-order valence-corrected chi connectivity index (χ3v) is 7.69. The number of pyridine rings is 1. The van der Waals surface area contributed by atoms with Gasteiger partial charge in [0.25, 0.3) is 11.6 Å². The molecule has 0 unspecified atom stereocenters. The summed E-state index contributed by atoms with van der Waals surface area (Å²) in [4.78, 5) is 37.7. The molecule has 4 heterocycles. The van der Waals surface area contributed by atoms with Crippen LogP contribution in [-0.2, 0) is 4.79 Å². The lowest BCUT2D eigenvalue weighted by atomic mass is 9.94. The Morgan fingerprint density at radius 1 is 0.914 bits per heavy atom. The average Bonchev–Trinajstić information content (AvgIpc) is 3.67. The topological polar surface area (TPSA) is 82.8 Å². The predicted molar refractivity (Wildman–Crippen MR) is 132 cm³/mol. The molecule has 6 rings (SSSR count). The van der Waals surface area contributed by atoms with Gasteiger partial charge in [0.1, 0.15) is 5.69 Å². The third-order valence-electron chi connectivity index (χ3n) is 7.69. The average molecular weight is 474 g/mol. The number of rotatable bonds is 4. The fourth-order valence-electron chi connectivity index (χ4n) is 5.30. The zero-order valence-electron chi connectivity index (χ0n) is 20.2. The van der Waals surface area contributed by atoms with E-state index in [9.17, 15) is 9.59 Å². The van der Waals surface area contributed by atoms with Gasteiger partial charge in [0.05, 0.1) is 10.9 Å². The van der Waals surface area contributed by atoms with Crippen molar-refractivity contribution in [2.75, 3.05) is 46.3 Å². The van der Waals surface area contributed by atoms with Crippen LogP contribution in [0.1, 0.15) is 47.7 Å². The lowest BCUT2D eigenvalue weighted by Gasteiger charge is -2.37. The van der Waals surface area contributed by atoms with Gasteiger partial charge < -0.3 is 19.2 Å². The SMILES string of the molecule is CN1CCN(C(=O)C2CCN(C(=O)c3cc(C4CC4)nc4onc(-c5ccccc5)c34)CC2)CC1. The second-order valence-electron chi connectivity index (χ2n) is 10.1. The van der Waals surface area contributed by atoms with Crippen molar-refractivity contribution < 1.29 is 14.1 Å². The van der Waals surface area contributed by atoms with Crippen LogP contribution >= 0.6 is 0 Å². The van der Waals surface area contributed by atoms with Gasteiger partial charge in [0, 0.05) is 62.4 Å². The number of piperidine rings is 1. The highest BCUT2D eigenvalue weighted by atomic mass is 16.5. The number of aromatic nitrogens is 2. The summed E-state index contributed by atoms with van der Waals surface area (Å²) >= 11 is 0. The monoisotopic (exact) mass is 473 g/mol. The minimum atomic E-state index is -0.0230. The Morgan fingerprint density at radius 3 is 2.31 bits per heavy atom. The lowest BCUT2D eigenvalue weighted by molar-refractivity contribution is -0.138. The summed E-state index contributed by atoms with van der Waals surface area (Å²) in [7, 11) is 2.09.